The zero-order chi connectivity index (χ0) is 9.10. The lowest BCUT2D eigenvalue weighted by Gasteiger charge is -2.03. The molecule has 0 saturated carbocycles. The highest BCUT2D eigenvalue weighted by Gasteiger charge is 2.18. The molecule has 1 N–H and O–H groups in total. The van der Waals surface area contributed by atoms with Crippen LogP contribution in [0.1, 0.15) is 29.6 Å². The van der Waals surface area contributed by atoms with Crippen molar-refractivity contribution in [2.45, 2.75) is 25.3 Å². The molecule has 1 saturated heterocycles. The summed E-state index contributed by atoms with van der Waals surface area (Å²) >= 11 is 1.65. The van der Waals surface area contributed by atoms with E-state index in [0.29, 0.717) is 12.5 Å². The molecule has 3 nitrogen and oxygen atoms in total. The number of aromatic nitrogens is 1. The molecule has 2 heterocycles. The number of carbonyl (C=O) groups is 1. The summed E-state index contributed by atoms with van der Waals surface area (Å²) in [5.41, 5.74) is 0.906. The van der Waals surface area contributed by atoms with Crippen molar-refractivity contribution in [2.24, 2.45) is 0 Å². The molecule has 0 aromatic carbocycles. The first kappa shape index (κ1) is 8.84. The Labute approximate surface area is 81.2 Å². The molecule has 0 spiro atoms. The van der Waals surface area contributed by atoms with Gasteiger partial charge in [0.2, 0.25) is 0 Å². The Morgan fingerprint density at radius 3 is 3.38 bits per heavy atom. The van der Waals surface area contributed by atoms with Gasteiger partial charge in [-0.05, 0) is 19.4 Å². The van der Waals surface area contributed by atoms with Crippen LogP contribution in [0.15, 0.2) is 5.38 Å². The van der Waals surface area contributed by atoms with Crippen LogP contribution in [0.3, 0.4) is 0 Å². The third-order valence-corrected chi connectivity index (χ3v) is 3.23. The first-order valence-corrected chi connectivity index (χ1v) is 5.39. The molecular weight excluding hydrogens is 184 g/mol. The van der Waals surface area contributed by atoms with Crippen molar-refractivity contribution in [3.63, 3.8) is 0 Å². The molecular formula is C9H12N2OS. The van der Waals surface area contributed by atoms with Crippen LogP contribution in [-0.2, 0) is 11.2 Å². The van der Waals surface area contributed by atoms with Crippen molar-refractivity contribution < 1.29 is 4.79 Å². The summed E-state index contributed by atoms with van der Waals surface area (Å²) in [7, 11) is 0. The largest absolute Gasteiger partial charge is 0.308 e. The Morgan fingerprint density at radius 1 is 1.77 bits per heavy atom. The van der Waals surface area contributed by atoms with Gasteiger partial charge in [0.05, 0.1) is 11.7 Å². The van der Waals surface area contributed by atoms with Crippen LogP contribution in [0.25, 0.3) is 0 Å². The maximum absolute atomic E-state index is 10.3. The van der Waals surface area contributed by atoms with Crippen molar-refractivity contribution in [2.75, 3.05) is 6.54 Å². The second-order valence-electron chi connectivity index (χ2n) is 3.20. The van der Waals surface area contributed by atoms with Gasteiger partial charge in [-0.25, -0.2) is 4.98 Å². The van der Waals surface area contributed by atoms with Gasteiger partial charge < -0.3 is 10.1 Å². The van der Waals surface area contributed by atoms with Gasteiger partial charge in [0, 0.05) is 11.8 Å². The molecule has 70 valence electrons. The summed E-state index contributed by atoms with van der Waals surface area (Å²) in [6.07, 6.45) is 3.76. The zero-order valence-corrected chi connectivity index (χ0v) is 8.14. The van der Waals surface area contributed by atoms with Crippen LogP contribution in [0.5, 0.6) is 0 Å². The Kier molecular flexibility index (Phi) is 2.71. The summed E-state index contributed by atoms with van der Waals surface area (Å²) in [5.74, 6) is 0. The second-order valence-corrected chi connectivity index (χ2v) is 4.09. The number of nitrogens with one attached hydrogen (secondary N) is 1. The number of aldehydes is 1. The van der Waals surface area contributed by atoms with Gasteiger partial charge in [-0.15, -0.1) is 11.3 Å². The molecule has 1 aliphatic rings. The normalized spacial score (nSPS) is 22.0. The quantitative estimate of drug-likeness (QED) is 0.741. The van der Waals surface area contributed by atoms with Gasteiger partial charge in [0.15, 0.2) is 0 Å². The SMILES string of the molecule is O=CCc1csc(C2CCCN2)n1. The third kappa shape index (κ3) is 1.95. The summed E-state index contributed by atoms with van der Waals surface area (Å²) in [6.45, 7) is 1.09. The molecule has 1 atom stereocenters. The monoisotopic (exact) mass is 196 g/mol. The van der Waals surface area contributed by atoms with E-state index in [1.165, 1.54) is 12.8 Å². The standard InChI is InChI=1S/C9H12N2OS/c12-5-3-7-6-13-9(11-7)8-2-1-4-10-8/h5-6,8,10H,1-4H2. The smallest absolute Gasteiger partial charge is 0.125 e. The van der Waals surface area contributed by atoms with Crippen LogP contribution in [0, 0.1) is 0 Å². The third-order valence-electron chi connectivity index (χ3n) is 2.22. The summed E-state index contributed by atoms with van der Waals surface area (Å²) in [4.78, 5) is 14.7. The number of hydrogen-bond acceptors (Lipinski definition) is 4. The molecule has 1 fully saturated rings. The average molecular weight is 196 g/mol. The zero-order valence-electron chi connectivity index (χ0n) is 7.32. The highest BCUT2D eigenvalue weighted by Crippen LogP contribution is 2.25. The van der Waals surface area contributed by atoms with E-state index in [1.807, 2.05) is 5.38 Å². The van der Waals surface area contributed by atoms with Crippen molar-refractivity contribution in [3.05, 3.63) is 16.1 Å². The minimum absolute atomic E-state index is 0.436. The van der Waals surface area contributed by atoms with E-state index in [0.717, 1.165) is 23.5 Å². The number of carbonyl (C=O) groups excluding carboxylic acids is 1. The first-order chi connectivity index (χ1) is 6.40. The lowest BCUT2D eigenvalue weighted by molar-refractivity contribution is -0.107. The molecule has 1 aromatic rings. The summed E-state index contributed by atoms with van der Waals surface area (Å²) < 4.78 is 0. The van der Waals surface area contributed by atoms with E-state index >= 15 is 0 Å². The molecule has 2 rings (SSSR count). The molecule has 0 bridgehead atoms. The predicted molar refractivity (Wildman–Crippen MR) is 51.9 cm³/mol. The predicted octanol–water partition coefficient (Wildman–Crippen LogP) is 1.31. The Balaban J connectivity index is 2.07. The van der Waals surface area contributed by atoms with E-state index in [9.17, 15) is 4.79 Å². The Bertz CT molecular complexity index is 292. The number of hydrogen-bond donors (Lipinski definition) is 1. The minimum Gasteiger partial charge on any atom is -0.308 e. The van der Waals surface area contributed by atoms with Gasteiger partial charge in [0.25, 0.3) is 0 Å². The molecule has 0 aliphatic carbocycles. The van der Waals surface area contributed by atoms with Gasteiger partial charge in [-0.1, -0.05) is 0 Å². The maximum atomic E-state index is 10.3. The van der Waals surface area contributed by atoms with Crippen molar-refractivity contribution in [1.82, 2.24) is 10.3 Å². The van der Waals surface area contributed by atoms with E-state index in [1.54, 1.807) is 11.3 Å². The fourth-order valence-corrected chi connectivity index (χ4v) is 2.50. The van der Waals surface area contributed by atoms with Gasteiger partial charge in [0.1, 0.15) is 11.3 Å². The van der Waals surface area contributed by atoms with Crippen molar-refractivity contribution in [1.29, 1.82) is 0 Å². The molecule has 0 amide bonds. The first-order valence-electron chi connectivity index (χ1n) is 4.51. The minimum atomic E-state index is 0.436. The van der Waals surface area contributed by atoms with Gasteiger partial charge in [-0.3, -0.25) is 0 Å². The Hall–Kier alpha value is -0.740. The summed E-state index contributed by atoms with van der Waals surface area (Å²) in [6, 6.07) is 0.436. The van der Waals surface area contributed by atoms with Crippen LogP contribution in [0.2, 0.25) is 0 Å². The van der Waals surface area contributed by atoms with Gasteiger partial charge >= 0.3 is 0 Å². The number of rotatable bonds is 3. The van der Waals surface area contributed by atoms with Crippen LogP contribution in [-0.4, -0.2) is 17.8 Å². The van der Waals surface area contributed by atoms with Gasteiger partial charge in [-0.2, -0.15) is 0 Å². The molecule has 1 aliphatic heterocycles. The Morgan fingerprint density at radius 2 is 2.69 bits per heavy atom. The number of nitrogens with zero attached hydrogens (tertiary/aromatic N) is 1. The van der Waals surface area contributed by atoms with Crippen molar-refractivity contribution >= 4 is 17.6 Å². The molecule has 13 heavy (non-hydrogen) atoms. The van der Waals surface area contributed by atoms with Crippen molar-refractivity contribution in [3.8, 4) is 0 Å². The fraction of sp³-hybridized carbons (Fsp3) is 0.556. The lowest BCUT2D eigenvalue weighted by Crippen LogP contribution is -2.12. The summed E-state index contributed by atoms with van der Waals surface area (Å²) in [5, 5.41) is 6.50. The number of thiazole rings is 1. The topological polar surface area (TPSA) is 42.0 Å². The molecule has 4 heteroatoms. The van der Waals surface area contributed by atoms with Crippen LogP contribution in [0.4, 0.5) is 0 Å². The highest BCUT2D eigenvalue weighted by molar-refractivity contribution is 7.09. The van der Waals surface area contributed by atoms with E-state index in [-0.39, 0.29) is 0 Å². The second kappa shape index (κ2) is 3.98. The lowest BCUT2D eigenvalue weighted by atomic mass is 10.2. The van der Waals surface area contributed by atoms with E-state index in [2.05, 4.69) is 10.3 Å². The highest BCUT2D eigenvalue weighted by atomic mass is 32.1. The molecule has 1 aromatic heterocycles. The fourth-order valence-electron chi connectivity index (χ4n) is 1.56. The maximum Gasteiger partial charge on any atom is 0.125 e. The van der Waals surface area contributed by atoms with Crippen LogP contribution >= 0.6 is 11.3 Å². The molecule has 0 radical (unpaired) electrons. The molecule has 1 unspecified atom stereocenters. The van der Waals surface area contributed by atoms with Crippen LogP contribution < -0.4 is 5.32 Å². The van der Waals surface area contributed by atoms with E-state index in [4.69, 9.17) is 0 Å². The average Bonchev–Trinajstić information content (AvgIpc) is 2.70. The van der Waals surface area contributed by atoms with E-state index < -0.39 is 0 Å².